The molecule has 4 N–H and O–H groups in total. The van der Waals surface area contributed by atoms with Gasteiger partial charge in [-0.15, -0.1) is 5.53 Å². The number of amides is 2. The maximum absolute atomic E-state index is 13.4. The normalized spacial score (nSPS) is 21.2. The molecule has 2 amide bonds. The van der Waals surface area contributed by atoms with Crippen LogP contribution in [0.5, 0.6) is 0 Å². The van der Waals surface area contributed by atoms with Crippen molar-refractivity contribution in [3.8, 4) is 0 Å². The number of allylic oxidation sites excluding steroid dienone is 1. The van der Waals surface area contributed by atoms with Crippen LogP contribution in [0.15, 0.2) is 36.3 Å². The van der Waals surface area contributed by atoms with E-state index >= 15 is 0 Å². The molecule has 0 radical (unpaired) electrons. The van der Waals surface area contributed by atoms with Gasteiger partial charge in [0.2, 0.25) is 5.91 Å². The molecule has 2 aromatic rings. The predicted molar refractivity (Wildman–Crippen MR) is 134 cm³/mol. The molecule has 186 valence electrons. The third kappa shape index (κ3) is 5.06. The van der Waals surface area contributed by atoms with Gasteiger partial charge in [0.05, 0.1) is 11.4 Å². The lowest BCUT2D eigenvalue weighted by atomic mass is 9.79. The zero-order chi connectivity index (χ0) is 24.2. The monoisotopic (exact) mass is 470 g/mol. The van der Waals surface area contributed by atoms with Crippen molar-refractivity contribution >= 4 is 23.3 Å². The first-order valence-corrected chi connectivity index (χ1v) is 11.9. The Morgan fingerprint density at radius 3 is 2.62 bits per heavy atom. The number of hydrogen-bond acceptors (Lipinski definition) is 7. The van der Waals surface area contributed by atoms with Gasteiger partial charge in [0.15, 0.2) is 0 Å². The number of rotatable bonds is 7. The second-order valence-corrected chi connectivity index (χ2v) is 9.19. The Labute approximate surface area is 203 Å². The molecule has 10 nitrogen and oxygen atoms in total. The van der Waals surface area contributed by atoms with E-state index in [-0.39, 0.29) is 20.6 Å². The van der Waals surface area contributed by atoms with Gasteiger partial charge in [0.25, 0.3) is 5.91 Å². The van der Waals surface area contributed by atoms with Crippen molar-refractivity contribution in [2.45, 2.75) is 59.0 Å². The first-order chi connectivity index (χ1) is 16.4. The molecule has 0 spiro atoms. The fourth-order valence-electron chi connectivity index (χ4n) is 4.77. The summed E-state index contributed by atoms with van der Waals surface area (Å²) < 4.78 is 1.63. The van der Waals surface area contributed by atoms with E-state index in [4.69, 9.17) is 0 Å². The Hall–Kier alpha value is -3.40. The molecule has 0 aromatic carbocycles. The Morgan fingerprint density at radius 1 is 1.24 bits per heavy atom. The van der Waals surface area contributed by atoms with Crippen LogP contribution in [0.1, 0.15) is 65.4 Å². The molecule has 0 unspecified atom stereocenters. The van der Waals surface area contributed by atoms with Crippen molar-refractivity contribution in [3.05, 3.63) is 47.5 Å². The third-order valence-corrected chi connectivity index (χ3v) is 6.74. The lowest BCUT2D eigenvalue weighted by Crippen LogP contribution is -2.49. The Kier molecular flexibility index (Phi) is 7.16. The molecule has 3 heterocycles. The summed E-state index contributed by atoms with van der Waals surface area (Å²) in [6.07, 6.45) is 7.24. The zero-order valence-corrected chi connectivity index (χ0v) is 20.3. The van der Waals surface area contributed by atoms with Crippen LogP contribution >= 0.6 is 0 Å². The van der Waals surface area contributed by atoms with Crippen molar-refractivity contribution in [1.29, 1.82) is 0 Å². The molecule has 0 bridgehead atoms. The number of aromatic nitrogens is 3. The van der Waals surface area contributed by atoms with Gasteiger partial charge in [-0.1, -0.05) is 19.8 Å². The van der Waals surface area contributed by atoms with E-state index in [1.165, 1.54) is 0 Å². The standard InChI is InChI=1S/C24H34N8O2.2H2/c1-5-32-19(12-13-26-32)23(33)28-21(17-8-6-15(2)7-9-17)24(34)27-20-11-10-18(14-25-20)22-16(3)29-30-31(22)4;;/h10-15,17,21,29-30H,5-9H2,1-4H3,(H,28,33)(H,25,27,34);2*1H/t15?,17?,21-;;/m0../s1. The van der Waals surface area contributed by atoms with E-state index in [1.807, 2.05) is 32.0 Å². The number of hydrogen-bond donors (Lipinski definition) is 4. The predicted octanol–water partition coefficient (Wildman–Crippen LogP) is 3.00. The van der Waals surface area contributed by atoms with Crippen molar-refractivity contribution < 1.29 is 12.4 Å². The molecule has 1 atom stereocenters. The van der Waals surface area contributed by atoms with E-state index in [0.29, 0.717) is 24.0 Å². The Bertz CT molecular complexity index is 1060. The van der Waals surface area contributed by atoms with Crippen LogP contribution in [-0.2, 0) is 11.3 Å². The highest BCUT2D eigenvalue weighted by atomic mass is 16.2. The summed E-state index contributed by atoms with van der Waals surface area (Å²) in [5.41, 5.74) is 9.45. The highest BCUT2D eigenvalue weighted by molar-refractivity contribution is 6.00. The molecular formula is C24H38N8O2. The van der Waals surface area contributed by atoms with Crippen LogP contribution in [0.2, 0.25) is 0 Å². The number of carbonyl (C=O) groups is 2. The summed E-state index contributed by atoms with van der Waals surface area (Å²) in [6.45, 7) is 6.72. The van der Waals surface area contributed by atoms with E-state index < -0.39 is 6.04 Å². The van der Waals surface area contributed by atoms with Crippen LogP contribution in [0.4, 0.5) is 5.82 Å². The minimum atomic E-state index is -0.638. The first kappa shape index (κ1) is 23.7. The number of nitrogens with one attached hydrogen (secondary N) is 4. The molecule has 2 aliphatic rings. The SMILES string of the molecule is CCn1nccc1C(=O)N[C@H](C(=O)Nc1ccc(C2=C(C)NNN2C)cn1)C1CCC(C)CC1.[HH].[HH]. The van der Waals surface area contributed by atoms with Crippen LogP contribution in [0, 0.1) is 11.8 Å². The largest absolute Gasteiger partial charge is 0.339 e. The second kappa shape index (κ2) is 10.3. The third-order valence-electron chi connectivity index (χ3n) is 6.74. The number of carbonyl (C=O) groups excluding carboxylic acids is 2. The molecular weight excluding hydrogens is 432 g/mol. The minimum absolute atomic E-state index is 0. The smallest absolute Gasteiger partial charge is 0.270 e. The molecule has 10 heteroatoms. The topological polar surface area (TPSA) is 116 Å². The number of pyridine rings is 1. The first-order valence-electron chi connectivity index (χ1n) is 11.9. The quantitative estimate of drug-likeness (QED) is 0.492. The zero-order valence-electron chi connectivity index (χ0n) is 20.3. The maximum atomic E-state index is 13.4. The van der Waals surface area contributed by atoms with Crippen LogP contribution in [-0.4, -0.2) is 44.7 Å². The van der Waals surface area contributed by atoms with E-state index in [0.717, 1.165) is 42.6 Å². The van der Waals surface area contributed by atoms with Crippen molar-refractivity contribution in [1.82, 2.24) is 36.1 Å². The van der Waals surface area contributed by atoms with Crippen molar-refractivity contribution in [2.75, 3.05) is 12.4 Å². The molecule has 34 heavy (non-hydrogen) atoms. The fraction of sp³-hybridized carbons (Fsp3) is 0.500. The molecule has 1 aliphatic heterocycles. The molecule has 1 fully saturated rings. The summed E-state index contributed by atoms with van der Waals surface area (Å²) in [5.74, 6) is 0.646. The van der Waals surface area contributed by atoms with E-state index in [1.54, 1.807) is 29.2 Å². The molecule has 1 saturated carbocycles. The van der Waals surface area contributed by atoms with Crippen LogP contribution < -0.4 is 21.6 Å². The highest BCUT2D eigenvalue weighted by Crippen LogP contribution is 2.31. The van der Waals surface area contributed by atoms with Gasteiger partial charge in [0.1, 0.15) is 17.6 Å². The van der Waals surface area contributed by atoms with Crippen molar-refractivity contribution in [2.24, 2.45) is 11.8 Å². The molecule has 4 rings (SSSR count). The van der Waals surface area contributed by atoms with Gasteiger partial charge in [0, 0.05) is 34.4 Å². The molecule has 1 aliphatic carbocycles. The summed E-state index contributed by atoms with van der Waals surface area (Å²) in [5, 5.41) is 12.0. The van der Waals surface area contributed by atoms with Gasteiger partial charge in [-0.2, -0.15) is 5.10 Å². The van der Waals surface area contributed by atoms with Gasteiger partial charge in [-0.25, -0.2) is 4.98 Å². The average Bonchev–Trinajstić information content (AvgIpc) is 3.45. The number of hydrazine groups is 2. The summed E-state index contributed by atoms with van der Waals surface area (Å²) in [6, 6.07) is 4.74. The highest BCUT2D eigenvalue weighted by Gasteiger charge is 2.33. The Balaban J connectivity index is 0.00000228. The Morgan fingerprint density at radius 2 is 2.00 bits per heavy atom. The number of aryl methyl sites for hydroxylation is 1. The van der Waals surface area contributed by atoms with E-state index in [2.05, 4.69) is 38.6 Å². The van der Waals surface area contributed by atoms with Crippen LogP contribution in [0.25, 0.3) is 5.70 Å². The van der Waals surface area contributed by atoms with Gasteiger partial charge < -0.3 is 16.1 Å². The lowest BCUT2D eigenvalue weighted by Gasteiger charge is -2.32. The minimum Gasteiger partial charge on any atom is -0.339 e. The van der Waals surface area contributed by atoms with Gasteiger partial charge >= 0.3 is 0 Å². The van der Waals surface area contributed by atoms with E-state index in [9.17, 15) is 9.59 Å². The fourth-order valence-corrected chi connectivity index (χ4v) is 4.77. The summed E-state index contributed by atoms with van der Waals surface area (Å²) in [7, 11) is 1.91. The van der Waals surface area contributed by atoms with Crippen molar-refractivity contribution in [3.63, 3.8) is 0 Å². The number of anilines is 1. The second-order valence-electron chi connectivity index (χ2n) is 9.19. The lowest BCUT2D eigenvalue weighted by molar-refractivity contribution is -0.119. The average molecular weight is 471 g/mol. The summed E-state index contributed by atoms with van der Waals surface area (Å²) in [4.78, 5) is 30.8. The maximum Gasteiger partial charge on any atom is 0.270 e. The summed E-state index contributed by atoms with van der Waals surface area (Å²) >= 11 is 0. The number of nitrogens with zero attached hydrogens (tertiary/aromatic N) is 4. The molecule has 0 saturated heterocycles. The van der Waals surface area contributed by atoms with Crippen LogP contribution in [0.3, 0.4) is 0 Å². The molecule has 2 aromatic heterocycles. The van der Waals surface area contributed by atoms with Gasteiger partial charge in [-0.05, 0) is 56.7 Å². The van der Waals surface area contributed by atoms with Gasteiger partial charge in [-0.3, -0.25) is 19.3 Å².